The van der Waals surface area contributed by atoms with Crippen LogP contribution in [0.5, 0.6) is 0 Å². The van der Waals surface area contributed by atoms with Crippen LogP contribution in [0.4, 0.5) is 0 Å². The van der Waals surface area contributed by atoms with E-state index in [4.69, 9.17) is 21.1 Å². The summed E-state index contributed by atoms with van der Waals surface area (Å²) in [6.07, 6.45) is -0.598. The first-order valence-corrected chi connectivity index (χ1v) is 9.53. The van der Waals surface area contributed by atoms with Gasteiger partial charge in [-0.15, -0.1) is 0 Å². The van der Waals surface area contributed by atoms with Crippen LogP contribution in [0.1, 0.15) is 42.8 Å². The lowest BCUT2D eigenvalue weighted by Crippen LogP contribution is -2.37. The summed E-state index contributed by atoms with van der Waals surface area (Å²) in [5.41, 5.74) is 0.728. The fourth-order valence-corrected chi connectivity index (χ4v) is 3.50. The number of hydrogen-bond acceptors (Lipinski definition) is 4. The van der Waals surface area contributed by atoms with Gasteiger partial charge < -0.3 is 9.47 Å². The molecule has 0 fully saturated rings. The molecule has 1 atom stereocenters. The molecule has 0 radical (unpaired) electrons. The summed E-state index contributed by atoms with van der Waals surface area (Å²) < 4.78 is 12.2. The molecule has 1 heterocycles. The van der Waals surface area contributed by atoms with Gasteiger partial charge in [0.05, 0.1) is 16.6 Å². The molecular formula is C21H18BrClO4. The Morgan fingerprint density at radius 2 is 1.70 bits per heavy atom. The zero-order chi connectivity index (χ0) is 19.8. The molecule has 0 aromatic heterocycles. The van der Waals surface area contributed by atoms with Gasteiger partial charge in [-0.3, -0.25) is 0 Å². The Kier molecular flexibility index (Phi) is 5.45. The topological polar surface area (TPSA) is 52.6 Å². The van der Waals surface area contributed by atoms with E-state index in [1.54, 1.807) is 55.5 Å². The molecule has 0 saturated carbocycles. The Labute approximate surface area is 171 Å². The maximum absolute atomic E-state index is 12.6. The van der Waals surface area contributed by atoms with Crippen LogP contribution in [-0.2, 0) is 14.3 Å². The maximum Gasteiger partial charge on any atom is 0.343 e. The summed E-state index contributed by atoms with van der Waals surface area (Å²) in [4.78, 5) is 25.0. The van der Waals surface area contributed by atoms with Crippen molar-refractivity contribution in [3.8, 4) is 0 Å². The molecule has 0 amide bonds. The van der Waals surface area contributed by atoms with Gasteiger partial charge in [0.25, 0.3) is 0 Å². The van der Waals surface area contributed by atoms with E-state index in [9.17, 15) is 9.59 Å². The number of carbonyl (C=O) groups excluding carboxylic acids is 2. The van der Waals surface area contributed by atoms with E-state index in [0.717, 1.165) is 10.0 Å². The number of hydrogen-bond donors (Lipinski definition) is 0. The lowest BCUT2D eigenvalue weighted by Gasteiger charge is -2.39. The molecule has 2 aromatic carbocycles. The summed E-state index contributed by atoms with van der Waals surface area (Å²) >= 11 is 9.30. The molecule has 0 bridgehead atoms. The minimum absolute atomic E-state index is 0.288. The Balaban J connectivity index is 1.95. The minimum Gasteiger partial charge on any atom is -0.453 e. The Morgan fingerprint density at radius 3 is 2.30 bits per heavy atom. The smallest absolute Gasteiger partial charge is 0.343 e. The third kappa shape index (κ3) is 3.94. The van der Waals surface area contributed by atoms with E-state index >= 15 is 0 Å². The number of rotatable bonds is 3. The first-order chi connectivity index (χ1) is 12.7. The van der Waals surface area contributed by atoms with Crippen molar-refractivity contribution in [3.63, 3.8) is 0 Å². The molecule has 2 aromatic rings. The normalized spacial score (nSPS) is 18.9. The molecule has 0 spiro atoms. The number of cyclic esters (lactones) is 1. The second-order valence-electron chi connectivity index (χ2n) is 6.91. The number of benzene rings is 2. The van der Waals surface area contributed by atoms with Crippen molar-refractivity contribution in [2.75, 3.05) is 0 Å². The largest absolute Gasteiger partial charge is 0.453 e. The van der Waals surface area contributed by atoms with Gasteiger partial charge in [0.1, 0.15) is 11.9 Å². The van der Waals surface area contributed by atoms with Gasteiger partial charge in [0.15, 0.2) is 0 Å². The standard InChI is InChI=1S/C21H18BrClO4/c1-12-17(26-20(25)14-4-8-15(22)9-5-14)21(2,3)18(27-19(12)24)13-6-10-16(23)11-7-13/h4-11,18H,1-3H3/t18-/m1/s1. The van der Waals surface area contributed by atoms with Crippen LogP contribution in [0.3, 0.4) is 0 Å². The third-order valence-corrected chi connectivity index (χ3v) is 5.34. The molecule has 1 aliphatic heterocycles. The Bertz CT molecular complexity index is 914. The van der Waals surface area contributed by atoms with Gasteiger partial charge in [-0.25, -0.2) is 9.59 Å². The fourth-order valence-electron chi connectivity index (χ4n) is 3.11. The summed E-state index contributed by atoms with van der Waals surface area (Å²) in [5.74, 6) is -0.714. The molecule has 0 unspecified atom stereocenters. The van der Waals surface area contributed by atoms with Gasteiger partial charge in [0, 0.05) is 9.50 Å². The lowest BCUT2D eigenvalue weighted by atomic mass is 9.77. The van der Waals surface area contributed by atoms with Crippen LogP contribution in [0.2, 0.25) is 5.02 Å². The SMILES string of the molecule is CC1=C(OC(=O)c2ccc(Br)cc2)C(C)(C)[C@@H](c2ccc(Cl)cc2)OC1=O. The van der Waals surface area contributed by atoms with E-state index in [0.29, 0.717) is 16.3 Å². The fraction of sp³-hybridized carbons (Fsp3) is 0.238. The highest BCUT2D eigenvalue weighted by Gasteiger charge is 2.46. The van der Waals surface area contributed by atoms with Crippen molar-refractivity contribution in [2.45, 2.75) is 26.9 Å². The predicted octanol–water partition coefficient (Wildman–Crippen LogP) is 5.86. The predicted molar refractivity (Wildman–Crippen MR) is 106 cm³/mol. The molecule has 0 N–H and O–H groups in total. The van der Waals surface area contributed by atoms with E-state index in [1.165, 1.54) is 0 Å². The number of carbonyl (C=O) groups is 2. The van der Waals surface area contributed by atoms with Crippen LogP contribution >= 0.6 is 27.5 Å². The summed E-state index contributed by atoms with van der Waals surface area (Å²) in [7, 11) is 0. The average molecular weight is 450 g/mol. The molecule has 0 saturated heterocycles. The van der Waals surface area contributed by atoms with Crippen LogP contribution < -0.4 is 0 Å². The molecular weight excluding hydrogens is 432 g/mol. The highest BCUT2D eigenvalue weighted by atomic mass is 79.9. The van der Waals surface area contributed by atoms with Crippen LogP contribution in [0, 0.1) is 5.41 Å². The minimum atomic E-state index is -0.739. The first kappa shape index (κ1) is 19.6. The van der Waals surface area contributed by atoms with Gasteiger partial charge in [-0.2, -0.15) is 0 Å². The molecule has 3 rings (SSSR count). The van der Waals surface area contributed by atoms with Crippen molar-refractivity contribution in [3.05, 3.63) is 80.5 Å². The number of halogens is 2. The second kappa shape index (κ2) is 7.49. The third-order valence-electron chi connectivity index (χ3n) is 4.56. The van der Waals surface area contributed by atoms with Crippen molar-refractivity contribution in [2.24, 2.45) is 5.41 Å². The summed E-state index contributed by atoms with van der Waals surface area (Å²) in [5, 5.41) is 0.590. The zero-order valence-electron chi connectivity index (χ0n) is 15.1. The summed E-state index contributed by atoms with van der Waals surface area (Å²) in [6.45, 7) is 5.37. The van der Waals surface area contributed by atoms with E-state index in [-0.39, 0.29) is 5.57 Å². The molecule has 0 aliphatic carbocycles. The van der Waals surface area contributed by atoms with Crippen molar-refractivity contribution in [1.29, 1.82) is 0 Å². The Hall–Kier alpha value is -2.11. The van der Waals surface area contributed by atoms with Crippen LogP contribution in [0.25, 0.3) is 0 Å². The van der Waals surface area contributed by atoms with E-state index < -0.39 is 23.5 Å². The molecule has 140 valence electrons. The summed E-state index contributed by atoms with van der Waals surface area (Å²) in [6, 6.07) is 13.9. The molecule has 4 nitrogen and oxygen atoms in total. The van der Waals surface area contributed by atoms with Crippen LogP contribution in [-0.4, -0.2) is 11.9 Å². The molecule has 6 heteroatoms. The highest BCUT2D eigenvalue weighted by Crippen LogP contribution is 2.48. The van der Waals surface area contributed by atoms with Crippen molar-refractivity contribution in [1.82, 2.24) is 0 Å². The first-order valence-electron chi connectivity index (χ1n) is 8.35. The van der Waals surface area contributed by atoms with E-state index in [1.807, 2.05) is 13.8 Å². The van der Waals surface area contributed by atoms with Crippen molar-refractivity contribution >= 4 is 39.5 Å². The quantitative estimate of drug-likeness (QED) is 0.551. The number of ether oxygens (including phenoxy) is 2. The Morgan fingerprint density at radius 1 is 1.11 bits per heavy atom. The zero-order valence-corrected chi connectivity index (χ0v) is 17.4. The van der Waals surface area contributed by atoms with Gasteiger partial charge >= 0.3 is 11.9 Å². The molecule has 1 aliphatic rings. The second-order valence-corrected chi connectivity index (χ2v) is 8.26. The van der Waals surface area contributed by atoms with Crippen molar-refractivity contribution < 1.29 is 19.1 Å². The van der Waals surface area contributed by atoms with Gasteiger partial charge in [-0.1, -0.05) is 39.7 Å². The van der Waals surface area contributed by atoms with Gasteiger partial charge in [0.2, 0.25) is 0 Å². The number of esters is 2. The molecule has 27 heavy (non-hydrogen) atoms. The van der Waals surface area contributed by atoms with Crippen LogP contribution in [0.15, 0.2) is 64.3 Å². The highest BCUT2D eigenvalue weighted by molar-refractivity contribution is 9.10. The van der Waals surface area contributed by atoms with Gasteiger partial charge in [-0.05, 0) is 62.7 Å². The maximum atomic E-state index is 12.6. The lowest BCUT2D eigenvalue weighted by molar-refractivity contribution is -0.155. The average Bonchev–Trinajstić information content (AvgIpc) is 2.63. The van der Waals surface area contributed by atoms with E-state index in [2.05, 4.69) is 15.9 Å². The monoisotopic (exact) mass is 448 g/mol.